The van der Waals surface area contributed by atoms with Crippen molar-refractivity contribution in [2.75, 3.05) is 0 Å². The average molecular weight is 266 g/mol. The van der Waals surface area contributed by atoms with Gasteiger partial charge in [0.15, 0.2) is 0 Å². The summed E-state index contributed by atoms with van der Waals surface area (Å²) in [4.78, 5) is 0. The van der Waals surface area contributed by atoms with E-state index in [2.05, 4.69) is 39.8 Å². The normalized spacial score (nSPS) is 11.0. The van der Waals surface area contributed by atoms with Gasteiger partial charge in [-0.1, -0.05) is 24.3 Å². The van der Waals surface area contributed by atoms with Crippen molar-refractivity contribution < 1.29 is 8.83 Å². The minimum Gasteiger partial charge on any atom is -0.464 e. The standard InChI is InChI=1S/C18H18O2/c1-11-9-19-17(13(11)3)15-7-5-6-8-16(15)18-14(4)12(2)10-20-18/h5-10H,1-4H3. The van der Waals surface area contributed by atoms with Crippen molar-refractivity contribution in [2.24, 2.45) is 0 Å². The molecule has 0 bridgehead atoms. The molecule has 0 atom stereocenters. The summed E-state index contributed by atoms with van der Waals surface area (Å²) in [5.41, 5.74) is 6.85. The van der Waals surface area contributed by atoms with E-state index in [0.29, 0.717) is 0 Å². The summed E-state index contributed by atoms with van der Waals surface area (Å²) in [5.74, 6) is 1.85. The van der Waals surface area contributed by atoms with Crippen LogP contribution in [0.15, 0.2) is 45.6 Å². The van der Waals surface area contributed by atoms with Crippen LogP contribution in [0, 0.1) is 27.7 Å². The summed E-state index contributed by atoms with van der Waals surface area (Å²) in [6.07, 6.45) is 3.61. The van der Waals surface area contributed by atoms with Crippen LogP contribution in [0.5, 0.6) is 0 Å². The lowest BCUT2D eigenvalue weighted by Crippen LogP contribution is -1.86. The van der Waals surface area contributed by atoms with Gasteiger partial charge in [0.05, 0.1) is 12.5 Å². The van der Waals surface area contributed by atoms with Gasteiger partial charge in [0, 0.05) is 11.1 Å². The van der Waals surface area contributed by atoms with Crippen LogP contribution >= 0.6 is 0 Å². The average Bonchev–Trinajstić information content (AvgIpc) is 2.95. The highest BCUT2D eigenvalue weighted by Gasteiger charge is 2.17. The van der Waals surface area contributed by atoms with Crippen LogP contribution in [0.1, 0.15) is 22.3 Å². The Morgan fingerprint density at radius 3 is 1.35 bits per heavy atom. The predicted molar refractivity (Wildman–Crippen MR) is 80.8 cm³/mol. The van der Waals surface area contributed by atoms with E-state index in [-0.39, 0.29) is 0 Å². The Morgan fingerprint density at radius 2 is 1.05 bits per heavy atom. The zero-order chi connectivity index (χ0) is 14.3. The molecule has 2 aromatic heterocycles. The molecular formula is C18H18O2. The van der Waals surface area contributed by atoms with Gasteiger partial charge in [0.1, 0.15) is 11.5 Å². The van der Waals surface area contributed by atoms with Crippen molar-refractivity contribution in [1.29, 1.82) is 0 Å². The zero-order valence-corrected chi connectivity index (χ0v) is 12.3. The summed E-state index contributed by atoms with van der Waals surface area (Å²) >= 11 is 0. The molecule has 2 heterocycles. The molecule has 0 fully saturated rings. The number of hydrogen-bond acceptors (Lipinski definition) is 2. The van der Waals surface area contributed by atoms with Crippen molar-refractivity contribution in [2.45, 2.75) is 27.7 Å². The molecule has 0 aliphatic carbocycles. The molecular weight excluding hydrogens is 248 g/mol. The van der Waals surface area contributed by atoms with Crippen LogP contribution in [0.3, 0.4) is 0 Å². The maximum atomic E-state index is 5.75. The summed E-state index contributed by atoms with van der Waals surface area (Å²) in [5, 5.41) is 0. The monoisotopic (exact) mass is 266 g/mol. The van der Waals surface area contributed by atoms with E-state index in [9.17, 15) is 0 Å². The molecule has 0 unspecified atom stereocenters. The number of aryl methyl sites for hydroxylation is 2. The smallest absolute Gasteiger partial charge is 0.137 e. The van der Waals surface area contributed by atoms with Crippen LogP contribution in [0.4, 0.5) is 0 Å². The highest BCUT2D eigenvalue weighted by Crippen LogP contribution is 2.37. The fraction of sp³-hybridized carbons (Fsp3) is 0.222. The van der Waals surface area contributed by atoms with Crippen molar-refractivity contribution in [3.05, 3.63) is 59.0 Å². The van der Waals surface area contributed by atoms with E-state index >= 15 is 0 Å². The first-order valence-corrected chi connectivity index (χ1v) is 6.78. The maximum Gasteiger partial charge on any atom is 0.137 e. The van der Waals surface area contributed by atoms with E-state index in [1.54, 1.807) is 0 Å². The SMILES string of the molecule is Cc1coc(-c2ccccc2-c2occ(C)c2C)c1C. The molecule has 3 rings (SSSR count). The molecule has 0 aliphatic rings. The van der Waals surface area contributed by atoms with Gasteiger partial charge in [-0.2, -0.15) is 0 Å². The molecule has 0 aliphatic heterocycles. The molecule has 0 saturated carbocycles. The molecule has 0 amide bonds. The van der Waals surface area contributed by atoms with E-state index in [1.807, 2.05) is 24.7 Å². The van der Waals surface area contributed by atoms with Gasteiger partial charge in [0.25, 0.3) is 0 Å². The van der Waals surface area contributed by atoms with Crippen molar-refractivity contribution in [3.63, 3.8) is 0 Å². The quantitative estimate of drug-likeness (QED) is 0.617. The topological polar surface area (TPSA) is 26.3 Å². The van der Waals surface area contributed by atoms with Crippen LogP contribution in [0.2, 0.25) is 0 Å². The largest absolute Gasteiger partial charge is 0.464 e. The lowest BCUT2D eigenvalue weighted by molar-refractivity contribution is 0.572. The van der Waals surface area contributed by atoms with Crippen LogP contribution in [-0.4, -0.2) is 0 Å². The molecule has 0 saturated heterocycles. The molecule has 0 radical (unpaired) electrons. The molecule has 0 N–H and O–H groups in total. The fourth-order valence-corrected chi connectivity index (χ4v) is 2.42. The summed E-state index contributed by atoms with van der Waals surface area (Å²) in [7, 11) is 0. The highest BCUT2D eigenvalue weighted by molar-refractivity contribution is 5.82. The maximum absolute atomic E-state index is 5.75. The Kier molecular flexibility index (Phi) is 3.01. The second-order valence-electron chi connectivity index (χ2n) is 5.29. The minimum atomic E-state index is 0.923. The predicted octanol–water partition coefficient (Wildman–Crippen LogP) is 5.44. The Bertz CT molecular complexity index is 694. The van der Waals surface area contributed by atoms with Crippen molar-refractivity contribution in [3.8, 4) is 22.6 Å². The minimum absolute atomic E-state index is 0.923. The second kappa shape index (κ2) is 4.71. The fourth-order valence-electron chi connectivity index (χ4n) is 2.42. The summed E-state index contributed by atoms with van der Waals surface area (Å²) in [6.45, 7) is 8.30. The van der Waals surface area contributed by atoms with E-state index in [0.717, 1.165) is 22.6 Å². The number of benzene rings is 1. The Morgan fingerprint density at radius 1 is 0.650 bits per heavy atom. The summed E-state index contributed by atoms with van der Waals surface area (Å²) < 4.78 is 11.5. The van der Waals surface area contributed by atoms with Gasteiger partial charge in [-0.25, -0.2) is 0 Å². The van der Waals surface area contributed by atoms with Gasteiger partial charge in [-0.05, 0) is 49.9 Å². The van der Waals surface area contributed by atoms with E-state index in [4.69, 9.17) is 8.83 Å². The third-order valence-electron chi connectivity index (χ3n) is 3.99. The Labute approximate surface area is 119 Å². The molecule has 3 aromatic rings. The Balaban J connectivity index is 2.24. The van der Waals surface area contributed by atoms with Crippen LogP contribution < -0.4 is 0 Å². The third kappa shape index (κ3) is 1.88. The lowest BCUT2D eigenvalue weighted by atomic mass is 9.98. The molecule has 2 nitrogen and oxygen atoms in total. The molecule has 20 heavy (non-hydrogen) atoms. The van der Waals surface area contributed by atoms with Crippen molar-refractivity contribution in [1.82, 2.24) is 0 Å². The lowest BCUT2D eigenvalue weighted by Gasteiger charge is -2.07. The first-order valence-electron chi connectivity index (χ1n) is 6.78. The summed E-state index contributed by atoms with van der Waals surface area (Å²) in [6, 6.07) is 8.22. The number of furan rings is 2. The van der Waals surface area contributed by atoms with Gasteiger partial charge >= 0.3 is 0 Å². The number of hydrogen-bond donors (Lipinski definition) is 0. The van der Waals surface area contributed by atoms with E-state index < -0.39 is 0 Å². The van der Waals surface area contributed by atoms with Gasteiger partial charge in [-0.3, -0.25) is 0 Å². The zero-order valence-electron chi connectivity index (χ0n) is 12.3. The number of rotatable bonds is 2. The van der Waals surface area contributed by atoms with Crippen LogP contribution in [0.25, 0.3) is 22.6 Å². The molecule has 102 valence electrons. The third-order valence-corrected chi connectivity index (χ3v) is 3.99. The highest BCUT2D eigenvalue weighted by atomic mass is 16.3. The van der Waals surface area contributed by atoms with Crippen molar-refractivity contribution >= 4 is 0 Å². The van der Waals surface area contributed by atoms with Gasteiger partial charge < -0.3 is 8.83 Å². The van der Waals surface area contributed by atoms with Gasteiger partial charge in [0.2, 0.25) is 0 Å². The molecule has 1 aromatic carbocycles. The first-order chi connectivity index (χ1) is 9.59. The molecule has 2 heteroatoms. The van der Waals surface area contributed by atoms with E-state index in [1.165, 1.54) is 22.3 Å². The van der Waals surface area contributed by atoms with Crippen LogP contribution in [-0.2, 0) is 0 Å². The molecule has 0 spiro atoms. The Hall–Kier alpha value is -2.22. The first kappa shape index (κ1) is 12.8. The van der Waals surface area contributed by atoms with Gasteiger partial charge in [-0.15, -0.1) is 0 Å². The second-order valence-corrected chi connectivity index (χ2v) is 5.29.